The Labute approximate surface area is 176 Å². The number of carbonyl (C=O) groups is 1. The zero-order chi connectivity index (χ0) is 20.5. The van der Waals surface area contributed by atoms with Crippen LogP contribution in [0.1, 0.15) is 34.6 Å². The number of aryl methyl sites for hydroxylation is 1. The molecular weight excluding hydrogens is 370 g/mol. The molecule has 1 atom stereocenters. The fraction of sp³-hybridized carbons (Fsp3) is 0.148. The van der Waals surface area contributed by atoms with E-state index < -0.39 is 0 Å². The molecule has 0 aromatic heterocycles. The number of carbonyl (C=O) groups excluding carboxylic acids is 1. The van der Waals surface area contributed by atoms with E-state index in [1.54, 1.807) is 0 Å². The summed E-state index contributed by atoms with van der Waals surface area (Å²) in [5, 5.41) is 5.43. The van der Waals surface area contributed by atoms with Crippen molar-refractivity contribution in [1.29, 1.82) is 0 Å². The van der Waals surface area contributed by atoms with Gasteiger partial charge in [-0.05, 0) is 58.1 Å². The number of ether oxygens (including phenoxy) is 1. The quantitative estimate of drug-likeness (QED) is 0.448. The van der Waals surface area contributed by atoms with E-state index in [0.29, 0.717) is 13.0 Å². The fourth-order valence-electron chi connectivity index (χ4n) is 4.28. The molecule has 1 aliphatic rings. The third kappa shape index (κ3) is 3.43. The highest BCUT2D eigenvalue weighted by Gasteiger charge is 2.28. The summed E-state index contributed by atoms with van der Waals surface area (Å²) in [4.78, 5) is 12.4. The molecule has 0 saturated carbocycles. The van der Waals surface area contributed by atoms with Gasteiger partial charge in [-0.2, -0.15) is 0 Å². The molecule has 1 N–H and O–H groups in total. The van der Waals surface area contributed by atoms with Gasteiger partial charge in [0.2, 0.25) is 5.91 Å². The molecule has 0 aliphatic carbocycles. The minimum absolute atomic E-state index is 0.0327. The molecule has 0 radical (unpaired) electrons. The summed E-state index contributed by atoms with van der Waals surface area (Å²) in [5.74, 6) is 0.924. The first-order valence-electron chi connectivity index (χ1n) is 10.3. The monoisotopic (exact) mass is 393 g/mol. The lowest BCUT2D eigenvalue weighted by Gasteiger charge is -2.27. The van der Waals surface area contributed by atoms with Crippen LogP contribution in [0.5, 0.6) is 5.75 Å². The van der Waals surface area contributed by atoms with Crippen LogP contribution in [-0.2, 0) is 11.4 Å². The maximum absolute atomic E-state index is 12.4. The van der Waals surface area contributed by atoms with Crippen molar-refractivity contribution < 1.29 is 9.53 Å². The highest BCUT2D eigenvalue weighted by atomic mass is 16.5. The Morgan fingerprint density at radius 2 is 1.67 bits per heavy atom. The number of hydrogen-bond donors (Lipinski definition) is 1. The average molecular weight is 393 g/mol. The molecule has 1 amide bonds. The smallest absolute Gasteiger partial charge is 0.225 e. The number of anilines is 1. The summed E-state index contributed by atoms with van der Waals surface area (Å²) in [7, 11) is 0. The van der Waals surface area contributed by atoms with Crippen molar-refractivity contribution in [3.8, 4) is 5.75 Å². The summed E-state index contributed by atoms with van der Waals surface area (Å²) in [6, 6.07) is 28.9. The summed E-state index contributed by atoms with van der Waals surface area (Å²) < 4.78 is 6.00. The Balaban J connectivity index is 1.44. The van der Waals surface area contributed by atoms with Gasteiger partial charge in [0.1, 0.15) is 12.4 Å². The van der Waals surface area contributed by atoms with E-state index in [9.17, 15) is 4.79 Å². The minimum Gasteiger partial charge on any atom is -0.489 e. The van der Waals surface area contributed by atoms with Gasteiger partial charge in [0, 0.05) is 18.0 Å². The average Bonchev–Trinajstić information content (AvgIpc) is 2.78. The second-order valence-electron chi connectivity index (χ2n) is 7.84. The zero-order valence-electron chi connectivity index (χ0n) is 16.9. The minimum atomic E-state index is 0.0327. The first kappa shape index (κ1) is 18.4. The zero-order valence-corrected chi connectivity index (χ0v) is 16.9. The maximum Gasteiger partial charge on any atom is 0.225 e. The first-order valence-corrected chi connectivity index (χ1v) is 10.3. The Kier molecular flexibility index (Phi) is 4.72. The Bertz CT molecular complexity index is 1230. The normalized spacial score (nSPS) is 15.5. The van der Waals surface area contributed by atoms with Crippen molar-refractivity contribution in [2.24, 2.45) is 0 Å². The molecule has 0 spiro atoms. The van der Waals surface area contributed by atoms with E-state index in [-0.39, 0.29) is 11.8 Å². The fourth-order valence-corrected chi connectivity index (χ4v) is 4.28. The van der Waals surface area contributed by atoms with Gasteiger partial charge in [0.05, 0.1) is 0 Å². The van der Waals surface area contributed by atoms with Crippen LogP contribution < -0.4 is 10.1 Å². The van der Waals surface area contributed by atoms with E-state index in [4.69, 9.17) is 4.74 Å². The Hall–Kier alpha value is -3.59. The second-order valence-corrected chi connectivity index (χ2v) is 7.84. The highest BCUT2D eigenvalue weighted by Crippen LogP contribution is 2.41. The molecule has 3 heteroatoms. The molecule has 30 heavy (non-hydrogen) atoms. The van der Waals surface area contributed by atoms with E-state index in [2.05, 4.69) is 60.8 Å². The lowest BCUT2D eigenvalue weighted by molar-refractivity contribution is -0.116. The van der Waals surface area contributed by atoms with E-state index in [0.717, 1.165) is 17.0 Å². The van der Waals surface area contributed by atoms with E-state index >= 15 is 0 Å². The topological polar surface area (TPSA) is 38.3 Å². The van der Waals surface area contributed by atoms with Gasteiger partial charge >= 0.3 is 0 Å². The van der Waals surface area contributed by atoms with Gasteiger partial charge < -0.3 is 10.1 Å². The largest absolute Gasteiger partial charge is 0.489 e. The summed E-state index contributed by atoms with van der Waals surface area (Å²) in [6.45, 7) is 2.64. The van der Waals surface area contributed by atoms with Gasteiger partial charge in [-0.3, -0.25) is 4.79 Å². The predicted molar refractivity (Wildman–Crippen MR) is 121 cm³/mol. The molecule has 1 unspecified atom stereocenters. The second kappa shape index (κ2) is 7.68. The molecule has 4 aromatic rings. The summed E-state index contributed by atoms with van der Waals surface area (Å²) in [5.41, 5.74) is 5.65. The van der Waals surface area contributed by atoms with Crippen LogP contribution in [0.25, 0.3) is 10.8 Å². The predicted octanol–water partition coefficient (Wildman–Crippen LogP) is 6.20. The van der Waals surface area contributed by atoms with Crippen LogP contribution in [-0.4, -0.2) is 5.91 Å². The van der Waals surface area contributed by atoms with E-state index in [1.165, 1.54) is 27.5 Å². The number of nitrogens with one attached hydrogen (secondary N) is 1. The SMILES string of the molecule is Cc1ccccc1COc1ccc(C2CC(=O)Nc3ccc4ccccc4c32)cc1. The van der Waals surface area contributed by atoms with Crippen LogP contribution in [0.3, 0.4) is 0 Å². The number of benzene rings is 4. The van der Waals surface area contributed by atoms with Crippen LogP contribution >= 0.6 is 0 Å². The van der Waals surface area contributed by atoms with Gasteiger partial charge in [0.15, 0.2) is 0 Å². The van der Waals surface area contributed by atoms with Gasteiger partial charge in [-0.25, -0.2) is 0 Å². The number of hydrogen-bond acceptors (Lipinski definition) is 2. The molecular formula is C27H23NO2. The van der Waals surface area contributed by atoms with Crippen LogP contribution in [0, 0.1) is 6.92 Å². The van der Waals surface area contributed by atoms with Crippen LogP contribution in [0.2, 0.25) is 0 Å². The van der Waals surface area contributed by atoms with Crippen molar-refractivity contribution in [3.63, 3.8) is 0 Å². The molecule has 0 fully saturated rings. The first-order chi connectivity index (χ1) is 14.7. The molecule has 0 saturated heterocycles. The van der Waals surface area contributed by atoms with E-state index in [1.807, 2.05) is 36.4 Å². The van der Waals surface area contributed by atoms with Gasteiger partial charge in [-0.1, -0.05) is 66.7 Å². The molecule has 5 rings (SSSR count). The maximum atomic E-state index is 12.4. The molecule has 3 nitrogen and oxygen atoms in total. The lowest BCUT2D eigenvalue weighted by atomic mass is 9.82. The number of amides is 1. The number of rotatable bonds is 4. The van der Waals surface area contributed by atoms with Gasteiger partial charge in [-0.15, -0.1) is 0 Å². The molecule has 4 aromatic carbocycles. The highest BCUT2D eigenvalue weighted by molar-refractivity contribution is 6.01. The van der Waals surface area contributed by atoms with Gasteiger partial charge in [0.25, 0.3) is 0 Å². The van der Waals surface area contributed by atoms with Crippen LogP contribution in [0.15, 0.2) is 84.9 Å². The third-order valence-electron chi connectivity index (χ3n) is 5.92. The van der Waals surface area contributed by atoms with Crippen molar-refractivity contribution in [2.45, 2.75) is 25.9 Å². The molecule has 148 valence electrons. The summed E-state index contributed by atoms with van der Waals surface area (Å²) in [6.07, 6.45) is 0.449. The van der Waals surface area contributed by atoms with Crippen LogP contribution in [0.4, 0.5) is 5.69 Å². The van der Waals surface area contributed by atoms with Crippen molar-refractivity contribution >= 4 is 22.4 Å². The standard InChI is InChI=1S/C27H23NO2/c1-18-6-2-3-8-21(18)17-30-22-13-10-20(11-14-22)24-16-26(29)28-25-15-12-19-7-4-5-9-23(19)27(24)25/h2-15,24H,16-17H2,1H3,(H,28,29). The van der Waals surface area contributed by atoms with Crippen molar-refractivity contribution in [2.75, 3.05) is 5.32 Å². The molecule has 1 aliphatic heterocycles. The third-order valence-corrected chi connectivity index (χ3v) is 5.92. The Morgan fingerprint density at radius 1 is 0.900 bits per heavy atom. The summed E-state index contributed by atoms with van der Waals surface area (Å²) >= 11 is 0. The lowest BCUT2D eigenvalue weighted by Crippen LogP contribution is -2.23. The molecule has 1 heterocycles. The Morgan fingerprint density at radius 3 is 2.50 bits per heavy atom. The van der Waals surface area contributed by atoms with Crippen molar-refractivity contribution in [1.82, 2.24) is 0 Å². The van der Waals surface area contributed by atoms with Crippen molar-refractivity contribution in [3.05, 3.63) is 107 Å². The number of fused-ring (bicyclic) bond motifs is 3. The molecule has 0 bridgehead atoms.